The SMILES string of the molecule is Cc1cc(NC=O)ccc1CCO. The number of aliphatic hydroxyl groups is 1. The quantitative estimate of drug-likeness (QED) is 0.680. The minimum Gasteiger partial charge on any atom is -0.396 e. The molecule has 0 saturated carbocycles. The van der Waals surface area contributed by atoms with Crippen molar-refractivity contribution >= 4 is 12.1 Å². The van der Waals surface area contributed by atoms with E-state index in [9.17, 15) is 4.79 Å². The molecule has 0 radical (unpaired) electrons. The van der Waals surface area contributed by atoms with E-state index >= 15 is 0 Å². The number of aryl methyl sites for hydroxylation is 1. The van der Waals surface area contributed by atoms with Crippen LogP contribution in [0.1, 0.15) is 11.1 Å². The fraction of sp³-hybridized carbons (Fsp3) is 0.300. The molecule has 0 unspecified atom stereocenters. The lowest BCUT2D eigenvalue weighted by Crippen LogP contribution is -1.97. The average molecular weight is 179 g/mol. The number of anilines is 1. The Balaban J connectivity index is 2.84. The van der Waals surface area contributed by atoms with E-state index in [1.54, 1.807) is 0 Å². The summed E-state index contributed by atoms with van der Waals surface area (Å²) < 4.78 is 0. The fourth-order valence-electron chi connectivity index (χ4n) is 1.25. The van der Waals surface area contributed by atoms with Crippen LogP contribution in [0, 0.1) is 6.92 Å². The second-order valence-corrected chi connectivity index (χ2v) is 2.88. The molecule has 3 nitrogen and oxygen atoms in total. The van der Waals surface area contributed by atoms with Gasteiger partial charge in [-0.3, -0.25) is 4.79 Å². The number of aliphatic hydroxyl groups excluding tert-OH is 1. The van der Waals surface area contributed by atoms with Crippen molar-refractivity contribution < 1.29 is 9.90 Å². The zero-order valence-electron chi connectivity index (χ0n) is 7.58. The van der Waals surface area contributed by atoms with Crippen LogP contribution in [-0.2, 0) is 11.2 Å². The molecule has 0 aliphatic rings. The summed E-state index contributed by atoms with van der Waals surface area (Å²) in [6.07, 6.45) is 1.31. The summed E-state index contributed by atoms with van der Waals surface area (Å²) in [5, 5.41) is 11.3. The molecule has 0 saturated heterocycles. The van der Waals surface area contributed by atoms with E-state index in [4.69, 9.17) is 5.11 Å². The monoisotopic (exact) mass is 179 g/mol. The van der Waals surface area contributed by atoms with E-state index in [1.807, 2.05) is 25.1 Å². The Morgan fingerprint density at radius 3 is 2.85 bits per heavy atom. The number of amides is 1. The normalized spacial score (nSPS) is 9.69. The van der Waals surface area contributed by atoms with Gasteiger partial charge >= 0.3 is 0 Å². The summed E-state index contributed by atoms with van der Waals surface area (Å²) in [6.45, 7) is 2.11. The maximum atomic E-state index is 10.1. The zero-order valence-corrected chi connectivity index (χ0v) is 7.58. The Bertz CT molecular complexity index is 297. The summed E-state index contributed by atoms with van der Waals surface area (Å²) in [5.41, 5.74) is 2.98. The third-order valence-corrected chi connectivity index (χ3v) is 1.95. The molecule has 0 bridgehead atoms. The Hall–Kier alpha value is -1.35. The van der Waals surface area contributed by atoms with Gasteiger partial charge in [-0.15, -0.1) is 0 Å². The van der Waals surface area contributed by atoms with Gasteiger partial charge in [0.2, 0.25) is 6.41 Å². The molecule has 2 N–H and O–H groups in total. The van der Waals surface area contributed by atoms with Crippen molar-refractivity contribution in [3.05, 3.63) is 29.3 Å². The molecule has 0 heterocycles. The summed E-state index contributed by atoms with van der Waals surface area (Å²) in [7, 11) is 0. The van der Waals surface area contributed by atoms with Crippen molar-refractivity contribution in [2.75, 3.05) is 11.9 Å². The number of rotatable bonds is 4. The summed E-state index contributed by atoms with van der Waals surface area (Å²) in [4.78, 5) is 10.1. The number of carbonyl (C=O) groups is 1. The second-order valence-electron chi connectivity index (χ2n) is 2.88. The lowest BCUT2D eigenvalue weighted by molar-refractivity contribution is -0.105. The number of benzene rings is 1. The topological polar surface area (TPSA) is 49.3 Å². The van der Waals surface area contributed by atoms with E-state index in [0.29, 0.717) is 12.8 Å². The van der Waals surface area contributed by atoms with Gasteiger partial charge in [0.25, 0.3) is 0 Å². The average Bonchev–Trinajstić information content (AvgIpc) is 2.10. The molecular weight excluding hydrogens is 166 g/mol. The van der Waals surface area contributed by atoms with Crippen LogP contribution in [0.2, 0.25) is 0 Å². The largest absolute Gasteiger partial charge is 0.396 e. The fourth-order valence-corrected chi connectivity index (χ4v) is 1.25. The maximum Gasteiger partial charge on any atom is 0.211 e. The maximum absolute atomic E-state index is 10.1. The molecule has 70 valence electrons. The highest BCUT2D eigenvalue weighted by molar-refractivity contribution is 5.71. The van der Waals surface area contributed by atoms with Gasteiger partial charge in [0, 0.05) is 12.3 Å². The Morgan fingerprint density at radius 2 is 2.31 bits per heavy atom. The van der Waals surface area contributed by atoms with Crippen LogP contribution in [0.25, 0.3) is 0 Å². The van der Waals surface area contributed by atoms with Crippen molar-refractivity contribution in [2.45, 2.75) is 13.3 Å². The lowest BCUT2D eigenvalue weighted by Gasteiger charge is -2.05. The molecule has 0 fully saturated rings. The van der Waals surface area contributed by atoms with Crippen molar-refractivity contribution in [1.29, 1.82) is 0 Å². The first kappa shape index (κ1) is 9.74. The van der Waals surface area contributed by atoms with Gasteiger partial charge in [0.05, 0.1) is 0 Å². The third kappa shape index (κ3) is 2.56. The Kier molecular flexibility index (Phi) is 3.46. The standard InChI is InChI=1S/C10H13NO2/c1-8-6-10(11-7-13)3-2-9(8)4-5-12/h2-3,6-7,12H,4-5H2,1H3,(H,11,13). The van der Waals surface area contributed by atoms with Crippen LogP contribution in [0.4, 0.5) is 5.69 Å². The molecule has 0 aromatic heterocycles. The number of carbonyl (C=O) groups excluding carboxylic acids is 1. The molecule has 1 amide bonds. The van der Waals surface area contributed by atoms with Gasteiger partial charge in [0.15, 0.2) is 0 Å². The molecule has 0 aliphatic carbocycles. The smallest absolute Gasteiger partial charge is 0.211 e. The molecule has 1 rings (SSSR count). The molecule has 0 atom stereocenters. The summed E-state index contributed by atoms with van der Waals surface area (Å²) >= 11 is 0. The van der Waals surface area contributed by atoms with Crippen molar-refractivity contribution in [2.24, 2.45) is 0 Å². The number of nitrogens with one attached hydrogen (secondary N) is 1. The highest BCUT2D eigenvalue weighted by Crippen LogP contribution is 2.14. The highest BCUT2D eigenvalue weighted by atomic mass is 16.2. The predicted molar refractivity (Wildman–Crippen MR) is 51.7 cm³/mol. The molecule has 1 aromatic carbocycles. The predicted octanol–water partition coefficient (Wildman–Crippen LogP) is 1.10. The molecule has 13 heavy (non-hydrogen) atoms. The minimum absolute atomic E-state index is 0.154. The molecular formula is C10H13NO2. The minimum atomic E-state index is 0.154. The van der Waals surface area contributed by atoms with Gasteiger partial charge in [0.1, 0.15) is 0 Å². The van der Waals surface area contributed by atoms with E-state index < -0.39 is 0 Å². The molecule has 0 aliphatic heterocycles. The van der Waals surface area contributed by atoms with Crippen LogP contribution >= 0.6 is 0 Å². The van der Waals surface area contributed by atoms with Crippen molar-refractivity contribution in [1.82, 2.24) is 0 Å². The molecule has 0 spiro atoms. The number of hydrogen-bond acceptors (Lipinski definition) is 2. The van der Waals surface area contributed by atoms with Crippen LogP contribution in [0.3, 0.4) is 0 Å². The highest BCUT2D eigenvalue weighted by Gasteiger charge is 1.98. The number of hydrogen-bond donors (Lipinski definition) is 2. The van der Waals surface area contributed by atoms with Gasteiger partial charge < -0.3 is 10.4 Å². The van der Waals surface area contributed by atoms with E-state index in [-0.39, 0.29) is 6.61 Å². The Labute approximate surface area is 77.4 Å². The van der Waals surface area contributed by atoms with E-state index in [2.05, 4.69) is 5.32 Å². The first-order valence-electron chi connectivity index (χ1n) is 4.18. The van der Waals surface area contributed by atoms with Crippen LogP contribution < -0.4 is 5.32 Å². The van der Waals surface area contributed by atoms with Crippen molar-refractivity contribution in [3.63, 3.8) is 0 Å². The van der Waals surface area contributed by atoms with Gasteiger partial charge in [-0.25, -0.2) is 0 Å². The summed E-state index contributed by atoms with van der Waals surface area (Å²) in [5.74, 6) is 0. The summed E-state index contributed by atoms with van der Waals surface area (Å²) in [6, 6.07) is 5.63. The van der Waals surface area contributed by atoms with E-state index in [0.717, 1.165) is 16.8 Å². The lowest BCUT2D eigenvalue weighted by atomic mass is 10.1. The van der Waals surface area contributed by atoms with E-state index in [1.165, 1.54) is 0 Å². The first-order valence-corrected chi connectivity index (χ1v) is 4.18. The second kappa shape index (κ2) is 4.62. The zero-order chi connectivity index (χ0) is 9.68. The van der Waals surface area contributed by atoms with Crippen LogP contribution in [-0.4, -0.2) is 18.1 Å². The van der Waals surface area contributed by atoms with Crippen LogP contribution in [0.5, 0.6) is 0 Å². The van der Waals surface area contributed by atoms with Gasteiger partial charge in [-0.2, -0.15) is 0 Å². The van der Waals surface area contributed by atoms with Gasteiger partial charge in [-0.05, 0) is 36.6 Å². The van der Waals surface area contributed by atoms with Gasteiger partial charge in [-0.1, -0.05) is 6.07 Å². The molecule has 1 aromatic rings. The first-order chi connectivity index (χ1) is 6.27. The van der Waals surface area contributed by atoms with Crippen molar-refractivity contribution in [3.8, 4) is 0 Å². The molecule has 3 heteroatoms. The Morgan fingerprint density at radius 1 is 1.54 bits per heavy atom. The van der Waals surface area contributed by atoms with Crippen LogP contribution in [0.15, 0.2) is 18.2 Å². The third-order valence-electron chi connectivity index (χ3n) is 1.95.